The van der Waals surface area contributed by atoms with Crippen molar-refractivity contribution >= 4 is 19.9 Å². The maximum Gasteiger partial charge on any atom is 0.0875 e. The fourth-order valence-electron chi connectivity index (χ4n) is 1.43. The van der Waals surface area contributed by atoms with Gasteiger partial charge in [0.1, 0.15) is 0 Å². The first kappa shape index (κ1) is 11.5. The zero-order valence-corrected chi connectivity index (χ0v) is 10.3. The standard InChI is InChI=1S/C12H12Si.C2H4/c1-3-7-11(8-4-1)13-12-9-5-2-6-10-12;1-2/h1-10H,13H2;1-2H2. The van der Waals surface area contributed by atoms with E-state index in [1.54, 1.807) is 0 Å². The maximum atomic E-state index is 3.00. The Morgan fingerprint density at radius 2 is 0.933 bits per heavy atom. The Morgan fingerprint density at radius 1 is 0.600 bits per heavy atom. The van der Waals surface area contributed by atoms with Crippen LogP contribution in [0.1, 0.15) is 0 Å². The molecule has 0 nitrogen and oxygen atoms in total. The summed E-state index contributed by atoms with van der Waals surface area (Å²) in [5, 5.41) is 3.02. The van der Waals surface area contributed by atoms with Crippen molar-refractivity contribution in [3.05, 3.63) is 73.8 Å². The normalized spacial score (nSPS) is 8.80. The average molecular weight is 212 g/mol. The minimum Gasteiger partial charge on any atom is -0.106 e. The van der Waals surface area contributed by atoms with Gasteiger partial charge >= 0.3 is 0 Å². The predicted molar refractivity (Wildman–Crippen MR) is 72.0 cm³/mol. The summed E-state index contributed by atoms with van der Waals surface area (Å²) in [6, 6.07) is 21.5. The molecule has 1 heteroatoms. The first-order valence-electron chi connectivity index (χ1n) is 5.03. The van der Waals surface area contributed by atoms with Gasteiger partial charge in [0.2, 0.25) is 0 Å². The monoisotopic (exact) mass is 212 g/mol. The van der Waals surface area contributed by atoms with Crippen LogP contribution in [0.3, 0.4) is 0 Å². The van der Waals surface area contributed by atoms with E-state index in [-0.39, 0.29) is 9.52 Å². The van der Waals surface area contributed by atoms with Crippen molar-refractivity contribution < 1.29 is 0 Å². The minimum absolute atomic E-state index is 0.234. The van der Waals surface area contributed by atoms with Gasteiger partial charge in [-0.15, -0.1) is 13.2 Å². The lowest BCUT2D eigenvalue weighted by molar-refractivity contribution is 1.75. The summed E-state index contributed by atoms with van der Waals surface area (Å²) in [5.74, 6) is 0. The smallest absolute Gasteiger partial charge is 0.0875 e. The third kappa shape index (κ3) is 3.96. The van der Waals surface area contributed by atoms with Crippen LogP contribution in [0.25, 0.3) is 0 Å². The molecule has 0 radical (unpaired) electrons. The van der Waals surface area contributed by atoms with Crippen LogP contribution >= 0.6 is 0 Å². The van der Waals surface area contributed by atoms with Gasteiger partial charge in [-0.05, 0) is 0 Å². The van der Waals surface area contributed by atoms with E-state index in [0.29, 0.717) is 0 Å². The van der Waals surface area contributed by atoms with Crippen molar-refractivity contribution in [2.75, 3.05) is 0 Å². The predicted octanol–water partition coefficient (Wildman–Crippen LogP) is 1.61. The quantitative estimate of drug-likeness (QED) is 0.524. The number of hydrogen-bond donors (Lipinski definition) is 0. The van der Waals surface area contributed by atoms with Gasteiger partial charge in [-0.3, -0.25) is 0 Å². The summed E-state index contributed by atoms with van der Waals surface area (Å²) >= 11 is 0. The van der Waals surface area contributed by atoms with Crippen molar-refractivity contribution in [3.63, 3.8) is 0 Å². The fraction of sp³-hybridized carbons (Fsp3) is 0. The molecule has 0 aliphatic rings. The Morgan fingerprint density at radius 3 is 1.27 bits per heavy atom. The van der Waals surface area contributed by atoms with E-state index in [1.165, 1.54) is 10.4 Å². The Hall–Kier alpha value is -1.60. The Balaban J connectivity index is 0.000000531. The molecule has 15 heavy (non-hydrogen) atoms. The summed E-state index contributed by atoms with van der Waals surface area (Å²) in [4.78, 5) is 0. The molecule has 0 aliphatic heterocycles. The zero-order valence-electron chi connectivity index (χ0n) is 8.89. The molecular weight excluding hydrogens is 196 g/mol. The topological polar surface area (TPSA) is 0 Å². The molecule has 0 bridgehead atoms. The Labute approximate surface area is 94.1 Å². The van der Waals surface area contributed by atoms with E-state index >= 15 is 0 Å². The van der Waals surface area contributed by atoms with Gasteiger partial charge in [0.15, 0.2) is 0 Å². The highest BCUT2D eigenvalue weighted by molar-refractivity contribution is 6.67. The summed E-state index contributed by atoms with van der Waals surface area (Å²) in [6.45, 7) is 6.00. The van der Waals surface area contributed by atoms with Crippen molar-refractivity contribution in [2.45, 2.75) is 0 Å². The van der Waals surface area contributed by atoms with Crippen molar-refractivity contribution in [3.8, 4) is 0 Å². The highest BCUT2D eigenvalue weighted by Crippen LogP contribution is 1.84. The van der Waals surface area contributed by atoms with Gasteiger partial charge in [-0.25, -0.2) is 0 Å². The second kappa shape index (κ2) is 6.79. The minimum atomic E-state index is -0.234. The Kier molecular flexibility index (Phi) is 5.19. The number of rotatable bonds is 2. The maximum absolute atomic E-state index is 3.00. The van der Waals surface area contributed by atoms with Crippen LogP contribution in [0.5, 0.6) is 0 Å². The van der Waals surface area contributed by atoms with E-state index in [2.05, 4.69) is 73.8 Å². The molecule has 2 aromatic carbocycles. The summed E-state index contributed by atoms with van der Waals surface area (Å²) < 4.78 is 0. The lowest BCUT2D eigenvalue weighted by atomic mass is 10.4. The molecule has 0 spiro atoms. The van der Waals surface area contributed by atoms with Gasteiger partial charge in [0, 0.05) is 0 Å². The largest absolute Gasteiger partial charge is 0.106 e. The molecule has 0 aliphatic carbocycles. The van der Waals surface area contributed by atoms with Gasteiger partial charge in [0.05, 0.1) is 9.52 Å². The molecule has 0 N–H and O–H groups in total. The van der Waals surface area contributed by atoms with Crippen molar-refractivity contribution in [1.82, 2.24) is 0 Å². The van der Waals surface area contributed by atoms with Crippen LogP contribution < -0.4 is 10.4 Å². The number of hydrogen-bond acceptors (Lipinski definition) is 0. The number of benzene rings is 2. The molecule has 2 rings (SSSR count). The Bertz CT molecular complexity index is 330. The van der Waals surface area contributed by atoms with Crippen LogP contribution in [-0.4, -0.2) is 9.52 Å². The van der Waals surface area contributed by atoms with Crippen molar-refractivity contribution in [2.24, 2.45) is 0 Å². The molecule has 0 saturated carbocycles. The molecular formula is C14H16Si. The van der Waals surface area contributed by atoms with E-state index < -0.39 is 0 Å². The first-order valence-corrected chi connectivity index (χ1v) is 6.44. The zero-order chi connectivity index (χ0) is 10.9. The molecule has 0 saturated heterocycles. The molecule has 0 heterocycles. The first-order chi connectivity index (χ1) is 7.45. The molecule has 76 valence electrons. The lowest BCUT2D eigenvalue weighted by Crippen LogP contribution is -2.26. The molecule has 2 aromatic rings. The van der Waals surface area contributed by atoms with Crippen LogP contribution in [-0.2, 0) is 0 Å². The summed E-state index contributed by atoms with van der Waals surface area (Å²) in [6.07, 6.45) is 0. The van der Waals surface area contributed by atoms with Crippen LogP contribution in [0, 0.1) is 0 Å². The average Bonchev–Trinajstić information content (AvgIpc) is 2.34. The molecule has 0 fully saturated rings. The SMILES string of the molecule is C=C.c1ccc([SiH2]c2ccccc2)cc1. The van der Waals surface area contributed by atoms with E-state index in [4.69, 9.17) is 0 Å². The van der Waals surface area contributed by atoms with Gasteiger partial charge in [0.25, 0.3) is 0 Å². The van der Waals surface area contributed by atoms with E-state index in [9.17, 15) is 0 Å². The van der Waals surface area contributed by atoms with Crippen molar-refractivity contribution in [1.29, 1.82) is 0 Å². The third-order valence-corrected chi connectivity index (χ3v) is 3.85. The highest BCUT2D eigenvalue weighted by Gasteiger charge is 1.93. The van der Waals surface area contributed by atoms with Crippen LogP contribution in [0.15, 0.2) is 73.8 Å². The van der Waals surface area contributed by atoms with Gasteiger partial charge in [-0.2, -0.15) is 0 Å². The summed E-state index contributed by atoms with van der Waals surface area (Å²) in [7, 11) is -0.234. The highest BCUT2D eigenvalue weighted by atomic mass is 28.2. The summed E-state index contributed by atoms with van der Waals surface area (Å²) in [5.41, 5.74) is 0. The third-order valence-electron chi connectivity index (χ3n) is 2.09. The molecule has 0 unspecified atom stereocenters. The van der Waals surface area contributed by atoms with Gasteiger partial charge < -0.3 is 0 Å². The molecule has 0 aromatic heterocycles. The van der Waals surface area contributed by atoms with Crippen LogP contribution in [0.4, 0.5) is 0 Å². The molecule has 0 amide bonds. The van der Waals surface area contributed by atoms with E-state index in [1.807, 2.05) is 0 Å². The van der Waals surface area contributed by atoms with Gasteiger partial charge in [-0.1, -0.05) is 71.0 Å². The van der Waals surface area contributed by atoms with E-state index in [0.717, 1.165) is 0 Å². The molecule has 0 atom stereocenters. The second-order valence-corrected chi connectivity index (χ2v) is 5.13. The second-order valence-electron chi connectivity index (χ2n) is 3.15. The van der Waals surface area contributed by atoms with Crippen LogP contribution in [0.2, 0.25) is 0 Å². The lowest BCUT2D eigenvalue weighted by Gasteiger charge is -1.99. The fourth-order valence-corrected chi connectivity index (χ4v) is 2.91.